The molecule has 1 unspecified atom stereocenters. The second kappa shape index (κ2) is 5.84. The zero-order chi connectivity index (χ0) is 13.0. The van der Waals surface area contributed by atoms with E-state index in [0.29, 0.717) is 13.0 Å². The van der Waals surface area contributed by atoms with Crippen LogP contribution in [0.15, 0.2) is 24.3 Å². The van der Waals surface area contributed by atoms with Crippen molar-refractivity contribution < 1.29 is 19.0 Å². The minimum Gasteiger partial charge on any atom is -0.480 e. The lowest BCUT2D eigenvalue weighted by Gasteiger charge is -2.16. The number of ether oxygens (including phenoxy) is 3. The summed E-state index contributed by atoms with van der Waals surface area (Å²) in [5, 5.41) is 2.75. The molecule has 98 valence electrons. The number of carbonyl (C=O) groups is 1. The number of methoxy groups -OCH3 is 2. The monoisotopic (exact) mass is 251 g/mol. The Morgan fingerprint density at radius 2 is 2.17 bits per heavy atom. The summed E-state index contributed by atoms with van der Waals surface area (Å²) < 4.78 is 15.6. The van der Waals surface area contributed by atoms with Crippen molar-refractivity contribution >= 4 is 5.91 Å². The maximum absolute atomic E-state index is 11.9. The first-order chi connectivity index (χ1) is 8.74. The summed E-state index contributed by atoms with van der Waals surface area (Å²) >= 11 is 0. The van der Waals surface area contributed by atoms with Crippen LogP contribution in [0.25, 0.3) is 0 Å². The molecule has 0 bridgehead atoms. The van der Waals surface area contributed by atoms with Gasteiger partial charge >= 0.3 is 0 Å². The van der Waals surface area contributed by atoms with Crippen molar-refractivity contribution in [1.29, 1.82) is 0 Å². The lowest BCUT2D eigenvalue weighted by atomic mass is 10.1. The molecule has 1 N–H and O–H groups in total. The third-order valence-corrected chi connectivity index (χ3v) is 2.91. The summed E-state index contributed by atoms with van der Waals surface area (Å²) in [5.74, 6) is 0.637. The van der Waals surface area contributed by atoms with Gasteiger partial charge in [-0.3, -0.25) is 4.79 Å². The van der Waals surface area contributed by atoms with E-state index in [1.807, 2.05) is 24.3 Å². The predicted octanol–water partition coefficient (Wildman–Crippen LogP) is 0.725. The molecular weight excluding hydrogens is 234 g/mol. The molecule has 1 aliphatic rings. The highest BCUT2D eigenvalue weighted by Gasteiger charge is 2.28. The molecular formula is C13H17NO4. The molecule has 1 aromatic rings. The van der Waals surface area contributed by atoms with Crippen molar-refractivity contribution in [3.8, 4) is 5.75 Å². The van der Waals surface area contributed by atoms with Crippen LogP contribution < -0.4 is 10.1 Å². The number of fused-ring (bicyclic) bond motifs is 1. The van der Waals surface area contributed by atoms with Gasteiger partial charge in [-0.15, -0.1) is 0 Å². The fraction of sp³-hybridized carbons (Fsp3) is 0.462. The first-order valence-electron chi connectivity index (χ1n) is 5.82. The third kappa shape index (κ3) is 2.80. The van der Waals surface area contributed by atoms with Crippen LogP contribution in [-0.2, 0) is 20.7 Å². The Kier molecular flexibility index (Phi) is 4.17. The van der Waals surface area contributed by atoms with Gasteiger partial charge in [0.05, 0.1) is 6.54 Å². The van der Waals surface area contributed by atoms with E-state index >= 15 is 0 Å². The molecule has 1 heterocycles. The van der Waals surface area contributed by atoms with Gasteiger partial charge in [0.25, 0.3) is 5.91 Å². The Balaban J connectivity index is 1.86. The molecule has 1 aromatic carbocycles. The summed E-state index contributed by atoms with van der Waals surface area (Å²) in [7, 11) is 3.06. The number of hydrogen-bond acceptors (Lipinski definition) is 4. The highest BCUT2D eigenvalue weighted by atomic mass is 16.7. The highest BCUT2D eigenvalue weighted by molar-refractivity contribution is 5.82. The SMILES string of the molecule is COC(CNC(=O)C1Cc2ccccc2O1)OC. The molecule has 0 aromatic heterocycles. The Hall–Kier alpha value is -1.59. The largest absolute Gasteiger partial charge is 0.480 e. The summed E-state index contributed by atoms with van der Waals surface area (Å²) in [6.07, 6.45) is -0.290. The van der Waals surface area contributed by atoms with Gasteiger partial charge in [-0.1, -0.05) is 18.2 Å². The lowest BCUT2D eigenvalue weighted by Crippen LogP contribution is -2.41. The van der Waals surface area contributed by atoms with Crippen LogP contribution in [0.3, 0.4) is 0 Å². The van der Waals surface area contributed by atoms with Gasteiger partial charge in [0.2, 0.25) is 0 Å². The summed E-state index contributed by atoms with van der Waals surface area (Å²) in [4.78, 5) is 11.9. The van der Waals surface area contributed by atoms with E-state index in [1.54, 1.807) is 0 Å². The number of benzene rings is 1. The molecule has 0 fully saturated rings. The Morgan fingerprint density at radius 1 is 1.44 bits per heavy atom. The zero-order valence-electron chi connectivity index (χ0n) is 10.5. The van der Waals surface area contributed by atoms with E-state index in [9.17, 15) is 4.79 Å². The fourth-order valence-electron chi connectivity index (χ4n) is 1.89. The standard InChI is InChI=1S/C13H17NO4/c1-16-12(17-2)8-14-13(15)11-7-9-5-3-4-6-10(9)18-11/h3-6,11-12H,7-8H2,1-2H3,(H,14,15). The molecule has 0 aliphatic carbocycles. The van der Waals surface area contributed by atoms with Crippen molar-refractivity contribution in [1.82, 2.24) is 5.32 Å². The number of para-hydroxylation sites is 1. The Labute approximate surface area is 106 Å². The van der Waals surface area contributed by atoms with E-state index < -0.39 is 12.4 Å². The normalized spacial score (nSPS) is 17.4. The van der Waals surface area contributed by atoms with Gasteiger partial charge in [-0.2, -0.15) is 0 Å². The van der Waals surface area contributed by atoms with Crippen molar-refractivity contribution in [2.45, 2.75) is 18.8 Å². The van der Waals surface area contributed by atoms with Crippen molar-refractivity contribution in [3.05, 3.63) is 29.8 Å². The minimum atomic E-state index is -0.461. The second-order valence-corrected chi connectivity index (χ2v) is 4.06. The first-order valence-corrected chi connectivity index (χ1v) is 5.82. The van der Waals surface area contributed by atoms with E-state index in [2.05, 4.69) is 5.32 Å². The van der Waals surface area contributed by atoms with Crippen LogP contribution in [0.4, 0.5) is 0 Å². The van der Waals surface area contributed by atoms with Crippen molar-refractivity contribution in [2.24, 2.45) is 0 Å². The molecule has 0 radical (unpaired) electrons. The fourth-order valence-corrected chi connectivity index (χ4v) is 1.89. The highest BCUT2D eigenvalue weighted by Crippen LogP contribution is 2.27. The molecule has 0 spiro atoms. The number of nitrogens with one attached hydrogen (secondary N) is 1. The van der Waals surface area contributed by atoms with Gasteiger partial charge < -0.3 is 19.5 Å². The molecule has 0 saturated heterocycles. The van der Waals surface area contributed by atoms with E-state index in [-0.39, 0.29) is 5.91 Å². The molecule has 5 heteroatoms. The Morgan fingerprint density at radius 3 is 2.83 bits per heavy atom. The summed E-state index contributed by atoms with van der Waals surface area (Å²) in [6.45, 7) is 0.308. The number of rotatable bonds is 5. The molecule has 2 rings (SSSR count). The van der Waals surface area contributed by atoms with Gasteiger partial charge in [0.15, 0.2) is 12.4 Å². The zero-order valence-corrected chi connectivity index (χ0v) is 10.5. The molecule has 1 aliphatic heterocycles. The minimum absolute atomic E-state index is 0.148. The maximum Gasteiger partial charge on any atom is 0.261 e. The number of hydrogen-bond donors (Lipinski definition) is 1. The topological polar surface area (TPSA) is 56.8 Å². The molecule has 18 heavy (non-hydrogen) atoms. The molecule has 1 amide bonds. The smallest absolute Gasteiger partial charge is 0.261 e. The molecule has 5 nitrogen and oxygen atoms in total. The number of carbonyl (C=O) groups excluding carboxylic acids is 1. The predicted molar refractivity (Wildman–Crippen MR) is 65.4 cm³/mol. The average molecular weight is 251 g/mol. The molecule has 0 saturated carbocycles. The molecule has 1 atom stereocenters. The Bertz CT molecular complexity index is 392. The quantitative estimate of drug-likeness (QED) is 0.784. The van der Waals surface area contributed by atoms with Gasteiger partial charge in [0.1, 0.15) is 5.75 Å². The van der Waals surface area contributed by atoms with E-state index in [4.69, 9.17) is 14.2 Å². The third-order valence-electron chi connectivity index (χ3n) is 2.91. The van der Waals surface area contributed by atoms with Crippen LogP contribution >= 0.6 is 0 Å². The summed E-state index contributed by atoms with van der Waals surface area (Å²) in [5.41, 5.74) is 1.06. The van der Waals surface area contributed by atoms with Crippen LogP contribution in [-0.4, -0.2) is 39.1 Å². The van der Waals surface area contributed by atoms with Gasteiger partial charge in [-0.05, 0) is 11.6 Å². The lowest BCUT2D eigenvalue weighted by molar-refractivity contribution is -0.132. The van der Waals surface area contributed by atoms with Gasteiger partial charge in [-0.25, -0.2) is 0 Å². The first kappa shape index (κ1) is 12.9. The van der Waals surface area contributed by atoms with Crippen LogP contribution in [0.5, 0.6) is 5.75 Å². The van der Waals surface area contributed by atoms with Crippen LogP contribution in [0, 0.1) is 0 Å². The van der Waals surface area contributed by atoms with E-state index in [1.165, 1.54) is 14.2 Å². The van der Waals surface area contributed by atoms with Crippen LogP contribution in [0.2, 0.25) is 0 Å². The second-order valence-electron chi connectivity index (χ2n) is 4.06. The van der Waals surface area contributed by atoms with Crippen molar-refractivity contribution in [3.63, 3.8) is 0 Å². The van der Waals surface area contributed by atoms with Crippen molar-refractivity contribution in [2.75, 3.05) is 20.8 Å². The van der Waals surface area contributed by atoms with E-state index in [0.717, 1.165) is 11.3 Å². The van der Waals surface area contributed by atoms with Gasteiger partial charge in [0, 0.05) is 20.6 Å². The number of amides is 1. The van der Waals surface area contributed by atoms with Crippen LogP contribution in [0.1, 0.15) is 5.56 Å². The average Bonchev–Trinajstić information content (AvgIpc) is 2.83. The maximum atomic E-state index is 11.9. The summed E-state index contributed by atoms with van der Waals surface area (Å²) in [6, 6.07) is 7.67.